The van der Waals surface area contributed by atoms with Crippen LogP contribution in [0.2, 0.25) is 30.1 Å². The highest BCUT2D eigenvalue weighted by Crippen LogP contribution is 2.32. The van der Waals surface area contributed by atoms with Gasteiger partial charge in [-0.05, 0) is 54.1 Å². The van der Waals surface area contributed by atoms with E-state index in [0.29, 0.717) is 15.6 Å². The van der Waals surface area contributed by atoms with Gasteiger partial charge in [-0.15, -0.1) is 0 Å². The lowest BCUT2D eigenvalue weighted by Gasteiger charge is -2.23. The largest absolute Gasteiger partial charge is 0.324 e. The highest BCUT2D eigenvalue weighted by atomic mass is 35.5. The zero-order valence-electron chi connectivity index (χ0n) is 16.5. The van der Waals surface area contributed by atoms with Crippen molar-refractivity contribution in [2.75, 3.05) is 11.9 Å². The number of nitrogens with one attached hydrogen (secondary N) is 1. The van der Waals surface area contributed by atoms with Crippen LogP contribution in [0.4, 0.5) is 5.69 Å². The van der Waals surface area contributed by atoms with E-state index in [9.17, 15) is 13.2 Å². The Kier molecular flexibility index (Phi) is 8.81. The second-order valence-corrected chi connectivity index (χ2v) is 11.2. The van der Waals surface area contributed by atoms with Crippen LogP contribution >= 0.6 is 69.6 Å². The average molecular weight is 587 g/mol. The number of anilines is 1. The molecule has 0 aromatic heterocycles. The zero-order valence-corrected chi connectivity index (χ0v) is 21.8. The van der Waals surface area contributed by atoms with Crippen LogP contribution in [-0.4, -0.2) is 25.2 Å². The molecule has 0 fully saturated rings. The SMILES string of the molecule is O=C(CN(Cc1ccc(Cl)cc1Cl)S(=O)(=O)c1ccc(Cl)cc1)Nc1cc(Cl)c(Cl)cc1Cl. The maximum Gasteiger partial charge on any atom is 0.243 e. The summed E-state index contributed by atoms with van der Waals surface area (Å²) in [6.07, 6.45) is 0. The molecule has 0 bridgehead atoms. The maximum atomic E-state index is 13.3. The van der Waals surface area contributed by atoms with Crippen molar-refractivity contribution < 1.29 is 13.2 Å². The molecular formula is C21H14Cl6N2O3S. The third-order valence-electron chi connectivity index (χ3n) is 4.42. The lowest BCUT2D eigenvalue weighted by molar-refractivity contribution is -0.116. The molecule has 0 saturated carbocycles. The molecule has 174 valence electrons. The number of rotatable bonds is 7. The Morgan fingerprint density at radius 1 is 0.758 bits per heavy atom. The topological polar surface area (TPSA) is 66.5 Å². The molecule has 5 nitrogen and oxygen atoms in total. The molecule has 0 saturated heterocycles. The fourth-order valence-electron chi connectivity index (χ4n) is 2.79. The van der Waals surface area contributed by atoms with E-state index in [1.165, 1.54) is 42.5 Å². The molecule has 0 heterocycles. The van der Waals surface area contributed by atoms with Gasteiger partial charge in [0.15, 0.2) is 0 Å². The Labute approximate surface area is 221 Å². The van der Waals surface area contributed by atoms with Crippen LogP contribution in [0.15, 0.2) is 59.5 Å². The maximum absolute atomic E-state index is 13.3. The van der Waals surface area contributed by atoms with Gasteiger partial charge in [0.1, 0.15) is 0 Å². The average Bonchev–Trinajstić information content (AvgIpc) is 2.73. The summed E-state index contributed by atoms with van der Waals surface area (Å²) in [5.74, 6) is -0.655. The molecular weight excluding hydrogens is 573 g/mol. The highest BCUT2D eigenvalue weighted by Gasteiger charge is 2.28. The molecule has 1 N–H and O–H groups in total. The van der Waals surface area contributed by atoms with Crippen molar-refractivity contribution in [2.24, 2.45) is 0 Å². The highest BCUT2D eigenvalue weighted by molar-refractivity contribution is 7.89. The van der Waals surface area contributed by atoms with E-state index in [2.05, 4.69) is 5.32 Å². The van der Waals surface area contributed by atoms with Crippen molar-refractivity contribution >= 4 is 91.2 Å². The molecule has 0 radical (unpaired) electrons. The zero-order chi connectivity index (χ0) is 24.3. The third-order valence-corrected chi connectivity index (χ3v) is 8.10. The van der Waals surface area contributed by atoms with Crippen LogP contribution in [0.25, 0.3) is 0 Å². The van der Waals surface area contributed by atoms with Gasteiger partial charge in [0.25, 0.3) is 0 Å². The quantitative estimate of drug-likeness (QED) is 0.293. The first-order chi connectivity index (χ1) is 15.5. The Morgan fingerprint density at radius 2 is 1.36 bits per heavy atom. The number of hydrogen-bond acceptors (Lipinski definition) is 3. The summed E-state index contributed by atoms with van der Waals surface area (Å²) in [5.41, 5.74) is 0.642. The summed E-state index contributed by atoms with van der Waals surface area (Å²) >= 11 is 36.1. The van der Waals surface area contributed by atoms with Crippen molar-refractivity contribution in [3.8, 4) is 0 Å². The Balaban J connectivity index is 1.93. The molecule has 0 unspecified atom stereocenters. The second-order valence-electron chi connectivity index (χ2n) is 6.76. The number of halogens is 6. The summed E-state index contributed by atoms with van der Waals surface area (Å²) in [6, 6.07) is 13.0. The molecule has 0 aliphatic carbocycles. The normalized spacial score (nSPS) is 11.6. The Morgan fingerprint density at radius 3 is 2.00 bits per heavy atom. The van der Waals surface area contributed by atoms with Gasteiger partial charge in [0, 0.05) is 21.6 Å². The van der Waals surface area contributed by atoms with Gasteiger partial charge in [-0.1, -0.05) is 75.7 Å². The fraction of sp³-hybridized carbons (Fsp3) is 0.0952. The Bertz CT molecular complexity index is 1300. The minimum atomic E-state index is -4.11. The number of carbonyl (C=O) groups excluding carboxylic acids is 1. The molecule has 3 aromatic carbocycles. The van der Waals surface area contributed by atoms with Crippen molar-refractivity contribution in [2.45, 2.75) is 11.4 Å². The summed E-state index contributed by atoms with van der Waals surface area (Å²) in [7, 11) is -4.11. The van der Waals surface area contributed by atoms with Gasteiger partial charge in [0.05, 0.1) is 32.2 Å². The number of benzene rings is 3. The van der Waals surface area contributed by atoms with E-state index < -0.39 is 22.5 Å². The summed E-state index contributed by atoms with van der Waals surface area (Å²) in [5, 5.41) is 4.10. The van der Waals surface area contributed by atoms with E-state index in [4.69, 9.17) is 69.6 Å². The van der Waals surface area contributed by atoms with E-state index in [1.54, 1.807) is 12.1 Å². The summed E-state index contributed by atoms with van der Waals surface area (Å²) in [4.78, 5) is 12.8. The van der Waals surface area contributed by atoms with Gasteiger partial charge in [-0.2, -0.15) is 4.31 Å². The van der Waals surface area contributed by atoms with E-state index in [-0.39, 0.29) is 37.2 Å². The molecule has 0 atom stereocenters. The van der Waals surface area contributed by atoms with E-state index >= 15 is 0 Å². The predicted octanol–water partition coefficient (Wildman–Crippen LogP) is 7.44. The van der Waals surface area contributed by atoms with Crippen LogP contribution in [0.3, 0.4) is 0 Å². The lowest BCUT2D eigenvalue weighted by atomic mass is 10.2. The molecule has 0 aliphatic rings. The van der Waals surface area contributed by atoms with Crippen molar-refractivity contribution in [1.82, 2.24) is 4.31 Å². The van der Waals surface area contributed by atoms with Crippen molar-refractivity contribution in [3.05, 3.63) is 90.3 Å². The Hall–Kier alpha value is -1.22. The number of nitrogens with zero attached hydrogens (tertiary/aromatic N) is 1. The van der Waals surface area contributed by atoms with Gasteiger partial charge < -0.3 is 5.32 Å². The first kappa shape index (κ1) is 26.4. The van der Waals surface area contributed by atoms with E-state index in [0.717, 1.165) is 4.31 Å². The molecule has 12 heteroatoms. The van der Waals surface area contributed by atoms with Crippen LogP contribution in [0.5, 0.6) is 0 Å². The van der Waals surface area contributed by atoms with Crippen LogP contribution in [0.1, 0.15) is 5.56 Å². The summed E-state index contributed by atoms with van der Waals surface area (Å²) in [6.45, 7) is -0.732. The van der Waals surface area contributed by atoms with Gasteiger partial charge in [-0.25, -0.2) is 8.42 Å². The third kappa shape index (κ3) is 6.68. The fourth-order valence-corrected chi connectivity index (χ4v) is 5.35. The predicted molar refractivity (Wildman–Crippen MR) is 136 cm³/mol. The molecule has 0 aliphatic heterocycles. The number of carbonyl (C=O) groups is 1. The first-order valence-electron chi connectivity index (χ1n) is 9.11. The van der Waals surface area contributed by atoms with Crippen molar-refractivity contribution in [3.63, 3.8) is 0 Å². The number of hydrogen-bond donors (Lipinski definition) is 1. The summed E-state index contributed by atoms with van der Waals surface area (Å²) < 4.78 is 27.7. The smallest absolute Gasteiger partial charge is 0.243 e. The van der Waals surface area contributed by atoms with Crippen LogP contribution in [0, 0.1) is 0 Å². The van der Waals surface area contributed by atoms with Gasteiger partial charge in [0.2, 0.25) is 15.9 Å². The van der Waals surface area contributed by atoms with Crippen molar-refractivity contribution in [1.29, 1.82) is 0 Å². The molecule has 33 heavy (non-hydrogen) atoms. The lowest BCUT2D eigenvalue weighted by Crippen LogP contribution is -2.37. The standard InChI is InChI=1S/C21H14Cl6N2O3S/c22-13-3-5-15(6-4-13)33(31,32)29(10-12-1-2-14(23)7-16(12)24)11-21(30)28-20-9-18(26)17(25)8-19(20)27/h1-9H,10-11H2,(H,28,30). The second kappa shape index (κ2) is 11.0. The molecule has 3 aromatic rings. The van der Waals surface area contributed by atoms with Crippen LogP contribution < -0.4 is 5.32 Å². The molecule has 0 spiro atoms. The van der Waals surface area contributed by atoms with Crippen LogP contribution in [-0.2, 0) is 21.4 Å². The number of sulfonamides is 1. The number of amides is 1. The first-order valence-corrected chi connectivity index (χ1v) is 12.8. The van der Waals surface area contributed by atoms with Gasteiger partial charge >= 0.3 is 0 Å². The van der Waals surface area contributed by atoms with E-state index in [1.807, 2.05) is 0 Å². The minimum absolute atomic E-state index is 0.0441. The molecule has 1 amide bonds. The minimum Gasteiger partial charge on any atom is -0.324 e. The molecule has 3 rings (SSSR count). The monoisotopic (exact) mass is 584 g/mol. The van der Waals surface area contributed by atoms with Gasteiger partial charge in [-0.3, -0.25) is 4.79 Å².